The summed E-state index contributed by atoms with van der Waals surface area (Å²) in [7, 11) is 0. The van der Waals surface area contributed by atoms with Gasteiger partial charge < -0.3 is 14.6 Å². The van der Waals surface area contributed by atoms with Crippen LogP contribution in [0.2, 0.25) is 0 Å². The Morgan fingerprint density at radius 2 is 1.94 bits per heavy atom. The largest absolute Gasteiger partial charge is 0.466 e. The fourth-order valence-electron chi connectivity index (χ4n) is 4.92. The number of hydrogen-bond acceptors (Lipinski definition) is 5. The van der Waals surface area contributed by atoms with Crippen LogP contribution in [0.5, 0.6) is 0 Å². The Hall–Kier alpha value is -2.35. The lowest BCUT2D eigenvalue weighted by Crippen LogP contribution is -2.39. The zero-order valence-corrected chi connectivity index (χ0v) is 21.9. The lowest BCUT2D eigenvalue weighted by atomic mass is 9.96. The van der Waals surface area contributed by atoms with Crippen LogP contribution in [-0.4, -0.2) is 54.4 Å². The highest BCUT2D eigenvalue weighted by Crippen LogP contribution is 2.28. The van der Waals surface area contributed by atoms with E-state index in [9.17, 15) is 18.7 Å². The first kappa shape index (κ1) is 28.2. The van der Waals surface area contributed by atoms with E-state index >= 15 is 0 Å². The molecule has 1 aliphatic heterocycles. The summed E-state index contributed by atoms with van der Waals surface area (Å²) in [6.45, 7) is 8.76. The van der Waals surface area contributed by atoms with Crippen molar-refractivity contribution in [1.82, 2.24) is 4.90 Å². The maximum atomic E-state index is 14.9. The molecule has 1 heterocycles. The third-order valence-electron chi connectivity index (χ3n) is 6.99. The van der Waals surface area contributed by atoms with Gasteiger partial charge in [0.25, 0.3) is 0 Å². The highest BCUT2D eigenvalue weighted by Gasteiger charge is 2.27. The second kappa shape index (κ2) is 13.3. The number of aliphatic hydroxyl groups excluding tert-OH is 1. The molecular weight excluding hydrogens is 464 g/mol. The summed E-state index contributed by atoms with van der Waals surface area (Å²) >= 11 is 0. The van der Waals surface area contributed by atoms with Gasteiger partial charge in [-0.15, -0.1) is 0 Å². The van der Waals surface area contributed by atoms with Gasteiger partial charge >= 0.3 is 5.97 Å². The van der Waals surface area contributed by atoms with Crippen LogP contribution in [0.4, 0.5) is 8.78 Å². The van der Waals surface area contributed by atoms with E-state index in [4.69, 9.17) is 9.47 Å². The number of nitrogens with zero attached hydrogens (tertiary/aromatic N) is 1. The van der Waals surface area contributed by atoms with Crippen molar-refractivity contribution < 1.29 is 28.2 Å². The summed E-state index contributed by atoms with van der Waals surface area (Å²) in [6.07, 6.45) is 1.96. The number of aryl methyl sites for hydroxylation is 2. The second-order valence-electron chi connectivity index (χ2n) is 9.78. The maximum Gasteiger partial charge on any atom is 0.306 e. The fourth-order valence-corrected chi connectivity index (χ4v) is 4.92. The summed E-state index contributed by atoms with van der Waals surface area (Å²) in [5.41, 5.74) is 3.25. The third-order valence-corrected chi connectivity index (χ3v) is 6.99. The first-order valence-corrected chi connectivity index (χ1v) is 12.9. The van der Waals surface area contributed by atoms with Crippen LogP contribution in [0, 0.1) is 25.5 Å². The van der Waals surface area contributed by atoms with Crippen LogP contribution >= 0.6 is 0 Å². The molecule has 36 heavy (non-hydrogen) atoms. The van der Waals surface area contributed by atoms with Gasteiger partial charge in [-0.1, -0.05) is 24.3 Å². The number of β-amino-alcohol motifs (C(OH)–C–C–N with tert-alkyl or cyclic N) is 1. The van der Waals surface area contributed by atoms with Gasteiger partial charge in [-0.2, -0.15) is 0 Å². The van der Waals surface area contributed by atoms with E-state index in [1.165, 1.54) is 0 Å². The van der Waals surface area contributed by atoms with Crippen LogP contribution < -0.4 is 0 Å². The van der Waals surface area contributed by atoms with Crippen molar-refractivity contribution in [1.29, 1.82) is 0 Å². The Bertz CT molecular complexity index is 1030. The standard InChI is InChI=1S/C29H39F2NO4/c1-5-35-28(34)13-12-26-25(11-9-20(3)29(26)31)21(4)36-18-24(33)17-32-14-6-7-23(32)15-22-10-8-19(2)27(30)16-22/h8-11,16,21,23-24,33H,5-7,12-15,17-18H2,1-4H3/t21-,23?,24-/m1/s1. The molecule has 0 aromatic heterocycles. The Morgan fingerprint density at radius 3 is 2.67 bits per heavy atom. The zero-order chi connectivity index (χ0) is 26.2. The summed E-state index contributed by atoms with van der Waals surface area (Å²) < 4.78 is 39.8. The molecule has 2 aromatic carbocycles. The van der Waals surface area contributed by atoms with Gasteiger partial charge in [0, 0.05) is 19.0 Å². The minimum Gasteiger partial charge on any atom is -0.466 e. The van der Waals surface area contributed by atoms with E-state index in [1.54, 1.807) is 32.9 Å². The summed E-state index contributed by atoms with van der Waals surface area (Å²) in [5, 5.41) is 10.7. The number of rotatable bonds is 12. The molecule has 3 atom stereocenters. The molecule has 5 nitrogen and oxygen atoms in total. The van der Waals surface area contributed by atoms with E-state index in [2.05, 4.69) is 4.90 Å². The molecule has 1 unspecified atom stereocenters. The number of carbonyl (C=O) groups is 1. The van der Waals surface area contributed by atoms with Crippen molar-refractivity contribution in [2.45, 2.75) is 78.0 Å². The molecule has 0 aliphatic carbocycles. The molecule has 3 rings (SSSR count). The summed E-state index contributed by atoms with van der Waals surface area (Å²) in [5.74, 6) is -0.879. The fraction of sp³-hybridized carbons (Fsp3) is 0.552. The van der Waals surface area contributed by atoms with Gasteiger partial charge in [0.15, 0.2) is 0 Å². The van der Waals surface area contributed by atoms with Crippen molar-refractivity contribution in [3.8, 4) is 0 Å². The molecule has 0 radical (unpaired) electrons. The molecule has 1 aliphatic rings. The average molecular weight is 504 g/mol. The Morgan fingerprint density at radius 1 is 1.19 bits per heavy atom. The predicted molar refractivity (Wildman–Crippen MR) is 136 cm³/mol. The second-order valence-corrected chi connectivity index (χ2v) is 9.78. The lowest BCUT2D eigenvalue weighted by molar-refractivity contribution is -0.143. The molecule has 7 heteroatoms. The van der Waals surface area contributed by atoms with Crippen LogP contribution in [0.3, 0.4) is 0 Å². The smallest absolute Gasteiger partial charge is 0.306 e. The maximum absolute atomic E-state index is 14.9. The Labute approximate surface area is 213 Å². The van der Waals surface area contributed by atoms with E-state index < -0.39 is 12.2 Å². The van der Waals surface area contributed by atoms with Crippen molar-refractivity contribution in [2.24, 2.45) is 0 Å². The number of aliphatic hydroxyl groups is 1. The van der Waals surface area contributed by atoms with Crippen molar-refractivity contribution in [3.05, 3.63) is 69.8 Å². The van der Waals surface area contributed by atoms with Crippen LogP contribution in [0.25, 0.3) is 0 Å². The monoisotopic (exact) mass is 503 g/mol. The van der Waals surface area contributed by atoms with Crippen LogP contribution in [-0.2, 0) is 27.1 Å². The zero-order valence-electron chi connectivity index (χ0n) is 21.9. The van der Waals surface area contributed by atoms with Crippen LogP contribution in [0.15, 0.2) is 30.3 Å². The topological polar surface area (TPSA) is 59.0 Å². The van der Waals surface area contributed by atoms with Gasteiger partial charge in [-0.3, -0.25) is 9.69 Å². The normalized spacial score (nSPS) is 17.8. The van der Waals surface area contributed by atoms with E-state index in [0.29, 0.717) is 35.4 Å². The van der Waals surface area contributed by atoms with Crippen molar-refractivity contribution in [3.63, 3.8) is 0 Å². The summed E-state index contributed by atoms with van der Waals surface area (Å²) in [4.78, 5) is 14.1. The Kier molecular flexibility index (Phi) is 10.4. The lowest BCUT2D eigenvalue weighted by Gasteiger charge is -2.28. The van der Waals surface area contributed by atoms with Crippen molar-refractivity contribution >= 4 is 5.97 Å². The minimum atomic E-state index is -0.707. The van der Waals surface area contributed by atoms with E-state index in [-0.39, 0.29) is 43.1 Å². The number of halogens is 2. The average Bonchev–Trinajstić information content (AvgIpc) is 3.27. The van der Waals surface area contributed by atoms with E-state index in [1.807, 2.05) is 25.1 Å². The molecule has 1 saturated heterocycles. The first-order valence-electron chi connectivity index (χ1n) is 12.9. The van der Waals surface area contributed by atoms with Gasteiger partial charge in [0.1, 0.15) is 11.6 Å². The van der Waals surface area contributed by atoms with Gasteiger partial charge in [0.05, 0.1) is 25.4 Å². The Balaban J connectivity index is 1.56. The third kappa shape index (κ3) is 7.58. The number of benzene rings is 2. The molecule has 1 N–H and O–H groups in total. The molecule has 2 aromatic rings. The molecule has 0 saturated carbocycles. The van der Waals surface area contributed by atoms with Crippen molar-refractivity contribution in [2.75, 3.05) is 26.3 Å². The minimum absolute atomic E-state index is 0.0950. The van der Waals surface area contributed by atoms with Gasteiger partial charge in [0.2, 0.25) is 0 Å². The van der Waals surface area contributed by atoms with E-state index in [0.717, 1.165) is 31.4 Å². The highest BCUT2D eigenvalue weighted by atomic mass is 19.1. The SMILES string of the molecule is CCOC(=O)CCc1c([C@@H](C)OC[C@H](O)CN2CCCC2Cc2ccc(C)c(F)c2)ccc(C)c1F. The van der Waals surface area contributed by atoms with Gasteiger partial charge in [-0.05, 0) is 93.8 Å². The quantitative estimate of drug-likeness (QED) is 0.403. The molecular formula is C29H39F2NO4. The molecule has 0 spiro atoms. The van der Waals surface area contributed by atoms with Gasteiger partial charge in [-0.25, -0.2) is 8.78 Å². The predicted octanol–water partition coefficient (Wildman–Crippen LogP) is 5.22. The molecule has 1 fully saturated rings. The number of likely N-dealkylation sites (tertiary alicyclic amines) is 1. The number of ether oxygens (including phenoxy) is 2. The number of hydrogen-bond donors (Lipinski definition) is 1. The molecule has 0 amide bonds. The first-order chi connectivity index (χ1) is 17.2. The highest BCUT2D eigenvalue weighted by molar-refractivity contribution is 5.69. The molecule has 198 valence electrons. The van der Waals surface area contributed by atoms with Crippen LogP contribution in [0.1, 0.15) is 67.0 Å². The number of esters is 1. The molecule has 0 bridgehead atoms. The summed E-state index contributed by atoms with van der Waals surface area (Å²) in [6, 6.07) is 9.16. The number of carbonyl (C=O) groups excluding carboxylic acids is 1.